The number of aryl methyl sites for hydroxylation is 1. The van der Waals surface area contributed by atoms with Crippen LogP contribution in [0.15, 0.2) is 23.1 Å². The van der Waals surface area contributed by atoms with E-state index in [0.717, 1.165) is 18.0 Å². The van der Waals surface area contributed by atoms with Crippen molar-refractivity contribution in [1.29, 1.82) is 0 Å². The minimum atomic E-state index is 0.519. The molecular formula is C14H21NOS. The molecule has 0 aliphatic carbocycles. The smallest absolute Gasteiger partial charge is 0.0576 e. The largest absolute Gasteiger partial charge is 0.398 e. The molecule has 1 saturated heterocycles. The van der Waals surface area contributed by atoms with Crippen molar-refractivity contribution in [3.63, 3.8) is 0 Å². The monoisotopic (exact) mass is 251 g/mol. The van der Waals surface area contributed by atoms with Crippen LogP contribution in [0.25, 0.3) is 0 Å². The Balaban J connectivity index is 1.72. The molecule has 1 aliphatic heterocycles. The van der Waals surface area contributed by atoms with Crippen molar-refractivity contribution in [3.05, 3.63) is 23.8 Å². The molecule has 2 rings (SSSR count). The van der Waals surface area contributed by atoms with E-state index in [9.17, 15) is 0 Å². The number of anilines is 1. The summed E-state index contributed by atoms with van der Waals surface area (Å²) < 4.78 is 5.61. The van der Waals surface area contributed by atoms with Crippen LogP contribution in [0.3, 0.4) is 0 Å². The van der Waals surface area contributed by atoms with E-state index in [-0.39, 0.29) is 0 Å². The fourth-order valence-electron chi connectivity index (χ4n) is 2.14. The highest BCUT2D eigenvalue weighted by Gasteiger charge is 2.14. The van der Waals surface area contributed by atoms with E-state index in [1.54, 1.807) is 0 Å². The Hall–Kier alpha value is -0.670. The molecule has 94 valence electrons. The summed E-state index contributed by atoms with van der Waals surface area (Å²) in [5, 5.41) is 0. The minimum Gasteiger partial charge on any atom is -0.398 e. The van der Waals surface area contributed by atoms with Gasteiger partial charge in [-0.15, -0.1) is 11.8 Å². The third-order valence-electron chi connectivity index (χ3n) is 3.24. The number of hydrogen-bond donors (Lipinski definition) is 1. The number of rotatable bonds is 5. The Bertz CT molecular complexity index is 361. The first-order valence-corrected chi connectivity index (χ1v) is 7.35. The van der Waals surface area contributed by atoms with Crippen LogP contribution >= 0.6 is 11.8 Å². The normalized spacial score (nSPS) is 19.7. The second kappa shape index (κ2) is 6.31. The zero-order valence-electron chi connectivity index (χ0n) is 10.4. The molecule has 3 heteroatoms. The second-order valence-corrected chi connectivity index (χ2v) is 5.75. The highest BCUT2D eigenvalue weighted by molar-refractivity contribution is 7.99. The average Bonchev–Trinajstić information content (AvgIpc) is 2.83. The van der Waals surface area contributed by atoms with Crippen LogP contribution in [0.4, 0.5) is 5.69 Å². The molecule has 0 spiro atoms. The van der Waals surface area contributed by atoms with Gasteiger partial charge in [0.25, 0.3) is 0 Å². The van der Waals surface area contributed by atoms with Gasteiger partial charge in [0.05, 0.1) is 6.10 Å². The summed E-state index contributed by atoms with van der Waals surface area (Å²) in [6.45, 7) is 3.02. The van der Waals surface area contributed by atoms with Crippen molar-refractivity contribution in [2.45, 2.75) is 43.6 Å². The summed E-state index contributed by atoms with van der Waals surface area (Å²) in [5.41, 5.74) is 8.16. The molecule has 0 aromatic heterocycles. The second-order valence-electron chi connectivity index (χ2n) is 4.61. The molecule has 0 amide bonds. The molecular weight excluding hydrogens is 230 g/mol. The summed E-state index contributed by atoms with van der Waals surface area (Å²) in [5.74, 6) is 1.13. The van der Waals surface area contributed by atoms with Gasteiger partial charge in [-0.2, -0.15) is 0 Å². The lowest BCUT2D eigenvalue weighted by molar-refractivity contribution is 0.104. The summed E-state index contributed by atoms with van der Waals surface area (Å²) in [6.07, 6.45) is 5.41. The molecule has 0 saturated carbocycles. The van der Waals surface area contributed by atoms with E-state index in [4.69, 9.17) is 10.5 Å². The fourth-order valence-corrected chi connectivity index (χ4v) is 3.17. The Morgan fingerprint density at radius 1 is 1.47 bits per heavy atom. The Labute approximate surface area is 108 Å². The predicted molar refractivity (Wildman–Crippen MR) is 74.5 cm³/mol. The van der Waals surface area contributed by atoms with Gasteiger partial charge in [0, 0.05) is 17.2 Å². The first kappa shape index (κ1) is 12.8. The zero-order valence-corrected chi connectivity index (χ0v) is 11.3. The molecule has 1 aliphatic rings. The van der Waals surface area contributed by atoms with E-state index >= 15 is 0 Å². The van der Waals surface area contributed by atoms with Crippen molar-refractivity contribution in [2.24, 2.45) is 0 Å². The number of ether oxygens (including phenoxy) is 1. The van der Waals surface area contributed by atoms with Gasteiger partial charge in [-0.3, -0.25) is 0 Å². The molecule has 1 unspecified atom stereocenters. The minimum absolute atomic E-state index is 0.519. The Morgan fingerprint density at radius 2 is 2.35 bits per heavy atom. The third-order valence-corrected chi connectivity index (χ3v) is 4.40. The van der Waals surface area contributed by atoms with Crippen LogP contribution in [0.1, 0.15) is 31.2 Å². The SMILES string of the molecule is Cc1cccc(SCCCC2CCCO2)c1N. The van der Waals surface area contributed by atoms with Gasteiger partial charge in [-0.25, -0.2) is 0 Å². The van der Waals surface area contributed by atoms with Crippen LogP contribution in [-0.2, 0) is 4.74 Å². The summed E-state index contributed by atoms with van der Waals surface area (Å²) >= 11 is 1.86. The topological polar surface area (TPSA) is 35.2 Å². The lowest BCUT2D eigenvalue weighted by Crippen LogP contribution is -2.04. The average molecular weight is 251 g/mol. The van der Waals surface area contributed by atoms with Crippen molar-refractivity contribution in [1.82, 2.24) is 0 Å². The molecule has 17 heavy (non-hydrogen) atoms. The Kier molecular flexibility index (Phi) is 4.75. The predicted octanol–water partition coefficient (Wildman–Crippen LogP) is 3.63. The Morgan fingerprint density at radius 3 is 3.12 bits per heavy atom. The molecule has 2 nitrogen and oxygen atoms in total. The molecule has 1 aromatic rings. The summed E-state index contributed by atoms with van der Waals surface area (Å²) in [7, 11) is 0. The molecule has 1 atom stereocenters. The molecule has 1 aromatic carbocycles. The van der Waals surface area contributed by atoms with Gasteiger partial charge in [0.2, 0.25) is 0 Å². The van der Waals surface area contributed by atoms with Crippen LogP contribution in [0.2, 0.25) is 0 Å². The molecule has 0 radical (unpaired) electrons. The standard InChI is InChI=1S/C14H21NOS/c1-11-5-2-8-13(14(11)15)17-10-4-7-12-6-3-9-16-12/h2,5,8,12H,3-4,6-7,9-10,15H2,1H3. The van der Waals surface area contributed by atoms with Crippen LogP contribution in [0, 0.1) is 6.92 Å². The third kappa shape index (κ3) is 3.65. The number of nitrogen functional groups attached to an aromatic ring is 1. The maximum absolute atomic E-state index is 6.04. The number of hydrogen-bond acceptors (Lipinski definition) is 3. The van der Waals surface area contributed by atoms with Crippen molar-refractivity contribution in [3.8, 4) is 0 Å². The van der Waals surface area contributed by atoms with Crippen molar-refractivity contribution < 1.29 is 4.74 Å². The van der Waals surface area contributed by atoms with Crippen LogP contribution < -0.4 is 5.73 Å². The van der Waals surface area contributed by atoms with Gasteiger partial charge >= 0.3 is 0 Å². The first-order valence-electron chi connectivity index (χ1n) is 6.37. The van der Waals surface area contributed by atoms with Crippen LogP contribution in [0.5, 0.6) is 0 Å². The number of para-hydroxylation sites is 1. The van der Waals surface area contributed by atoms with Crippen molar-refractivity contribution >= 4 is 17.4 Å². The highest BCUT2D eigenvalue weighted by atomic mass is 32.2. The van der Waals surface area contributed by atoms with E-state index in [1.165, 1.54) is 36.1 Å². The van der Waals surface area contributed by atoms with Crippen LogP contribution in [-0.4, -0.2) is 18.5 Å². The van der Waals surface area contributed by atoms with Gasteiger partial charge < -0.3 is 10.5 Å². The van der Waals surface area contributed by atoms with Gasteiger partial charge in [0.1, 0.15) is 0 Å². The van der Waals surface area contributed by atoms with Gasteiger partial charge in [-0.1, -0.05) is 12.1 Å². The number of benzene rings is 1. The molecule has 1 heterocycles. The molecule has 2 N–H and O–H groups in total. The summed E-state index contributed by atoms with van der Waals surface area (Å²) in [4.78, 5) is 1.22. The number of thioether (sulfide) groups is 1. The quantitative estimate of drug-likeness (QED) is 0.493. The lowest BCUT2D eigenvalue weighted by Gasteiger charge is -2.10. The number of nitrogens with two attached hydrogens (primary N) is 1. The maximum Gasteiger partial charge on any atom is 0.0576 e. The highest BCUT2D eigenvalue weighted by Crippen LogP contribution is 2.28. The van der Waals surface area contributed by atoms with Gasteiger partial charge in [0.15, 0.2) is 0 Å². The zero-order chi connectivity index (χ0) is 12.1. The molecule has 1 fully saturated rings. The molecule has 0 bridgehead atoms. The maximum atomic E-state index is 6.04. The lowest BCUT2D eigenvalue weighted by atomic mass is 10.1. The van der Waals surface area contributed by atoms with Crippen molar-refractivity contribution in [2.75, 3.05) is 18.1 Å². The van der Waals surface area contributed by atoms with Gasteiger partial charge in [-0.05, 0) is 50.0 Å². The summed E-state index contributed by atoms with van der Waals surface area (Å²) in [6, 6.07) is 6.25. The van der Waals surface area contributed by atoms with E-state index < -0.39 is 0 Å². The van der Waals surface area contributed by atoms with E-state index in [1.807, 2.05) is 11.8 Å². The van der Waals surface area contributed by atoms with E-state index in [2.05, 4.69) is 25.1 Å². The van der Waals surface area contributed by atoms with E-state index in [0.29, 0.717) is 6.10 Å². The first-order chi connectivity index (χ1) is 8.27. The fraction of sp³-hybridized carbons (Fsp3) is 0.571.